The molecule has 0 radical (unpaired) electrons. The molecule has 2 nitrogen and oxygen atoms in total. The molecule has 0 aliphatic carbocycles. The van der Waals surface area contributed by atoms with Crippen LogP contribution in [-0.4, -0.2) is 12.1 Å². The number of rotatable bonds is 10. The zero-order valence-electron chi connectivity index (χ0n) is 18.2. The fraction of sp³-hybridized carbons (Fsp3) is 0.296. The van der Waals surface area contributed by atoms with E-state index in [4.69, 9.17) is 4.52 Å². The number of carbonyl (C=O) groups is 1. The van der Waals surface area contributed by atoms with Crippen LogP contribution in [0.1, 0.15) is 46.0 Å². The first kappa shape index (κ1) is 22.2. The van der Waals surface area contributed by atoms with Crippen LogP contribution in [-0.2, 0) is 9.32 Å². The normalized spacial score (nSPS) is 12.7. The van der Waals surface area contributed by atoms with Gasteiger partial charge in [-0.1, -0.05) is 0 Å². The first-order valence-electron chi connectivity index (χ1n) is 11.0. The molecule has 3 heteroatoms. The van der Waals surface area contributed by atoms with E-state index < -0.39 is 6.83 Å². The van der Waals surface area contributed by atoms with E-state index in [0.29, 0.717) is 0 Å². The average Bonchev–Trinajstić information content (AvgIpc) is 2.80. The molecule has 0 amide bonds. The van der Waals surface area contributed by atoms with Gasteiger partial charge in [0.25, 0.3) is 0 Å². The predicted molar refractivity (Wildman–Crippen MR) is 131 cm³/mol. The Bertz CT molecular complexity index is 823. The van der Waals surface area contributed by atoms with Crippen LogP contribution in [0.25, 0.3) is 0 Å². The van der Waals surface area contributed by atoms with E-state index in [1.54, 1.807) is 6.92 Å². The first-order valence-corrected chi connectivity index (χ1v) is 13.4. The topological polar surface area (TPSA) is 26.3 Å². The van der Waals surface area contributed by atoms with Crippen molar-refractivity contribution in [3.8, 4) is 0 Å². The third-order valence-corrected chi connectivity index (χ3v) is 11.9. The zero-order valence-corrected chi connectivity index (χ0v) is 19.1. The van der Waals surface area contributed by atoms with Gasteiger partial charge in [-0.2, -0.15) is 0 Å². The summed E-state index contributed by atoms with van der Waals surface area (Å²) >= 11 is 0. The van der Waals surface area contributed by atoms with E-state index in [1.807, 2.05) is 18.2 Å². The van der Waals surface area contributed by atoms with Crippen molar-refractivity contribution in [2.24, 2.45) is 0 Å². The van der Waals surface area contributed by atoms with Crippen molar-refractivity contribution >= 4 is 28.7 Å². The molecule has 0 aromatic heterocycles. The number of carbonyl (C=O) groups excluding carboxylic acids is 1. The molecular formula is C27H33O2P. The molecule has 0 atom stereocenters. The molecule has 0 aliphatic rings. The van der Waals surface area contributed by atoms with Crippen molar-refractivity contribution in [3.05, 3.63) is 91.0 Å². The number of benzene rings is 3. The molecule has 0 saturated heterocycles. The van der Waals surface area contributed by atoms with Crippen molar-refractivity contribution in [3.63, 3.8) is 0 Å². The van der Waals surface area contributed by atoms with E-state index in [2.05, 4.69) is 79.7 Å². The van der Waals surface area contributed by atoms with Gasteiger partial charge in [-0.15, -0.1) is 0 Å². The molecule has 0 unspecified atom stereocenters. The van der Waals surface area contributed by atoms with Gasteiger partial charge in [-0.25, -0.2) is 0 Å². The monoisotopic (exact) mass is 420 g/mol. The Balaban J connectivity index is 2.31. The molecule has 0 N–H and O–H groups in total. The molecule has 0 heterocycles. The molecular weight excluding hydrogens is 387 g/mol. The first-order chi connectivity index (χ1) is 14.6. The Morgan fingerprint density at radius 2 is 1.07 bits per heavy atom. The van der Waals surface area contributed by atoms with Crippen LogP contribution >= 0.6 is 6.83 Å². The quantitative estimate of drug-likeness (QED) is 0.299. The fourth-order valence-electron chi connectivity index (χ4n) is 4.57. The number of hydrogen-bond donors (Lipinski definition) is 0. The van der Waals surface area contributed by atoms with Gasteiger partial charge in [-0.05, 0) is 0 Å². The minimum atomic E-state index is -3.47. The van der Waals surface area contributed by atoms with Crippen molar-refractivity contribution in [2.75, 3.05) is 6.16 Å². The van der Waals surface area contributed by atoms with Crippen LogP contribution in [0.3, 0.4) is 0 Å². The molecule has 0 saturated carbocycles. The summed E-state index contributed by atoms with van der Waals surface area (Å²) in [5.74, 6) is -0.224. The van der Waals surface area contributed by atoms with Crippen molar-refractivity contribution in [1.29, 1.82) is 0 Å². The Kier molecular flexibility index (Phi) is 7.45. The zero-order chi connectivity index (χ0) is 21.3. The SMILES string of the molecule is CCCCCCCP(OC(C)=O)(c1ccccc1)(c1ccccc1)c1ccccc1. The van der Waals surface area contributed by atoms with Crippen LogP contribution in [0.4, 0.5) is 0 Å². The van der Waals surface area contributed by atoms with E-state index in [9.17, 15) is 4.79 Å². The van der Waals surface area contributed by atoms with Crippen molar-refractivity contribution in [2.45, 2.75) is 46.0 Å². The molecule has 30 heavy (non-hydrogen) atoms. The summed E-state index contributed by atoms with van der Waals surface area (Å²) in [5.41, 5.74) is 0. The fourth-order valence-corrected chi connectivity index (χ4v) is 10.4. The van der Waals surface area contributed by atoms with E-state index in [-0.39, 0.29) is 5.97 Å². The molecule has 0 fully saturated rings. The summed E-state index contributed by atoms with van der Waals surface area (Å²) < 4.78 is 6.68. The molecule has 158 valence electrons. The number of unbranched alkanes of at least 4 members (excludes halogenated alkanes) is 4. The number of hydrogen-bond acceptors (Lipinski definition) is 2. The second kappa shape index (κ2) is 10.0. The van der Waals surface area contributed by atoms with Crippen LogP contribution in [0, 0.1) is 0 Å². The van der Waals surface area contributed by atoms with Gasteiger partial charge < -0.3 is 0 Å². The summed E-state index contributed by atoms with van der Waals surface area (Å²) in [4.78, 5) is 12.7. The van der Waals surface area contributed by atoms with E-state index >= 15 is 0 Å². The van der Waals surface area contributed by atoms with Gasteiger partial charge in [-0.3, -0.25) is 0 Å². The third kappa shape index (κ3) is 4.20. The van der Waals surface area contributed by atoms with Gasteiger partial charge in [0.2, 0.25) is 0 Å². The average molecular weight is 421 g/mol. The maximum absolute atomic E-state index is 12.7. The Hall–Kier alpha value is -2.44. The second-order valence-electron chi connectivity index (χ2n) is 7.94. The summed E-state index contributed by atoms with van der Waals surface area (Å²) in [6, 6.07) is 31.3. The van der Waals surface area contributed by atoms with E-state index in [0.717, 1.165) is 34.9 Å². The third-order valence-electron chi connectivity index (χ3n) is 5.93. The van der Waals surface area contributed by atoms with Crippen LogP contribution < -0.4 is 15.9 Å². The van der Waals surface area contributed by atoms with Crippen molar-refractivity contribution in [1.82, 2.24) is 0 Å². The Morgan fingerprint density at radius 1 is 0.667 bits per heavy atom. The molecule has 0 bridgehead atoms. The van der Waals surface area contributed by atoms with Gasteiger partial charge in [0.15, 0.2) is 0 Å². The van der Waals surface area contributed by atoms with Crippen molar-refractivity contribution < 1.29 is 9.32 Å². The second-order valence-corrected chi connectivity index (χ2v) is 12.5. The molecule has 3 aromatic rings. The van der Waals surface area contributed by atoms with Gasteiger partial charge in [0, 0.05) is 0 Å². The van der Waals surface area contributed by atoms with E-state index in [1.165, 1.54) is 19.3 Å². The molecule has 3 aromatic carbocycles. The minimum absolute atomic E-state index is 0.224. The molecule has 0 aliphatic heterocycles. The maximum atomic E-state index is 12.7. The molecule has 0 spiro atoms. The van der Waals surface area contributed by atoms with Gasteiger partial charge in [0.1, 0.15) is 0 Å². The van der Waals surface area contributed by atoms with Crippen LogP contribution in [0.5, 0.6) is 0 Å². The summed E-state index contributed by atoms with van der Waals surface area (Å²) in [5, 5.41) is 3.35. The Labute approximate surface area is 181 Å². The van der Waals surface area contributed by atoms with Gasteiger partial charge in [0.05, 0.1) is 0 Å². The van der Waals surface area contributed by atoms with Crippen LogP contribution in [0.2, 0.25) is 0 Å². The summed E-state index contributed by atoms with van der Waals surface area (Å²) in [6.07, 6.45) is 6.65. The Morgan fingerprint density at radius 3 is 1.43 bits per heavy atom. The summed E-state index contributed by atoms with van der Waals surface area (Å²) in [6.45, 7) is 0.316. The standard InChI is InChI=1S/C27H33O2P/c1-3-4-5-6-16-23-30(29-24(2)28,25-17-10-7-11-18-25,26-19-12-8-13-20-26)27-21-14-9-15-22-27/h7-15,17-22H,3-6,16,23H2,1-2H3. The summed E-state index contributed by atoms with van der Waals surface area (Å²) in [7, 11) is 0. The molecule has 3 rings (SSSR count). The van der Waals surface area contributed by atoms with Crippen LogP contribution in [0.15, 0.2) is 91.0 Å². The predicted octanol–water partition coefficient (Wildman–Crippen LogP) is 5.96. The van der Waals surface area contributed by atoms with Gasteiger partial charge >= 0.3 is 181 Å².